The number of nitrogens with zero attached hydrogens (tertiary/aromatic N) is 3. The molecule has 218 valence electrons. The molecule has 8 atom stereocenters. The standard InChI is InChI=1S/C27H36N4O9/c1-15-8-9-18-16(2)24(36-25-27(18)17(15)12-13-26(3,37-25)38-39-27)35-21(32)7-5-4-6-14-28-19-10-11-20(31(33)34)23-22(19)29-40-30-23/h10-11,15-18,24-25,28H,4-9,12-14H2,1-3H3/t15-,16-,17+,18+,24+,25-,26-,27-/m1/s1. The molecular weight excluding hydrogens is 524 g/mol. The molecule has 2 bridgehead atoms. The molecule has 1 spiro atoms. The minimum absolute atomic E-state index is 0.0568. The number of hydrogen-bond acceptors (Lipinski definition) is 12. The molecule has 1 N–H and O–H groups in total. The number of unbranched alkanes of at least 4 members (excludes halogenated alkanes) is 2. The number of benzene rings is 1. The molecule has 1 aromatic heterocycles. The molecule has 5 aliphatic rings. The van der Waals surface area contributed by atoms with Crippen molar-refractivity contribution in [1.82, 2.24) is 10.3 Å². The van der Waals surface area contributed by atoms with E-state index in [-0.39, 0.29) is 41.3 Å². The van der Waals surface area contributed by atoms with Gasteiger partial charge in [-0.3, -0.25) is 14.9 Å². The summed E-state index contributed by atoms with van der Waals surface area (Å²) in [6.45, 7) is 6.80. The second-order valence-electron chi connectivity index (χ2n) is 11.9. The molecule has 13 heteroatoms. The number of nitro benzene ring substituents is 1. The molecule has 0 amide bonds. The van der Waals surface area contributed by atoms with Gasteiger partial charge in [-0.25, -0.2) is 14.4 Å². The van der Waals surface area contributed by atoms with Crippen LogP contribution in [0.5, 0.6) is 0 Å². The molecular formula is C27H36N4O9. The van der Waals surface area contributed by atoms with Gasteiger partial charge in [0.25, 0.3) is 0 Å². The third-order valence-corrected chi connectivity index (χ3v) is 9.31. The molecule has 0 radical (unpaired) electrons. The highest BCUT2D eigenvalue weighted by Gasteiger charge is 2.69. The predicted molar refractivity (Wildman–Crippen MR) is 138 cm³/mol. The molecule has 4 aliphatic heterocycles. The van der Waals surface area contributed by atoms with Gasteiger partial charge >= 0.3 is 11.7 Å². The summed E-state index contributed by atoms with van der Waals surface area (Å²) < 4.78 is 23.2. The summed E-state index contributed by atoms with van der Waals surface area (Å²) >= 11 is 0. The van der Waals surface area contributed by atoms with Crippen molar-refractivity contribution in [2.45, 2.75) is 96.1 Å². The van der Waals surface area contributed by atoms with Crippen molar-refractivity contribution >= 4 is 28.4 Å². The second kappa shape index (κ2) is 10.5. The fraction of sp³-hybridized carbons (Fsp3) is 0.741. The Bertz CT molecular complexity index is 1270. The Kier molecular flexibility index (Phi) is 7.18. The van der Waals surface area contributed by atoms with E-state index in [9.17, 15) is 14.9 Å². The van der Waals surface area contributed by atoms with Crippen LogP contribution in [-0.2, 0) is 28.8 Å². The number of carbonyl (C=O) groups excluding carboxylic acids is 1. The average molecular weight is 561 g/mol. The van der Waals surface area contributed by atoms with E-state index < -0.39 is 28.9 Å². The van der Waals surface area contributed by atoms with Crippen LogP contribution >= 0.6 is 0 Å². The lowest BCUT2D eigenvalue weighted by molar-refractivity contribution is -0.576. The maximum absolute atomic E-state index is 12.8. The van der Waals surface area contributed by atoms with Gasteiger partial charge in [-0.2, -0.15) is 0 Å². The molecule has 2 aromatic rings. The van der Waals surface area contributed by atoms with E-state index in [4.69, 9.17) is 28.6 Å². The van der Waals surface area contributed by atoms with Crippen LogP contribution in [0.2, 0.25) is 0 Å². The van der Waals surface area contributed by atoms with Gasteiger partial charge in [-0.1, -0.05) is 20.3 Å². The van der Waals surface area contributed by atoms with Gasteiger partial charge in [0.05, 0.1) is 10.6 Å². The van der Waals surface area contributed by atoms with Gasteiger partial charge in [0.1, 0.15) is 0 Å². The monoisotopic (exact) mass is 560 g/mol. The smallest absolute Gasteiger partial charge is 0.308 e. The summed E-state index contributed by atoms with van der Waals surface area (Å²) in [6.07, 6.45) is 4.87. The molecule has 13 nitrogen and oxygen atoms in total. The zero-order valence-electron chi connectivity index (χ0n) is 23.0. The van der Waals surface area contributed by atoms with Gasteiger partial charge < -0.3 is 19.5 Å². The van der Waals surface area contributed by atoms with Crippen molar-refractivity contribution in [2.24, 2.45) is 23.7 Å². The first-order valence-electron chi connectivity index (χ1n) is 14.2. The number of carbonyl (C=O) groups is 1. The number of aromatic nitrogens is 2. The molecule has 5 fully saturated rings. The zero-order chi connectivity index (χ0) is 28.1. The van der Waals surface area contributed by atoms with Gasteiger partial charge in [-0.05, 0) is 67.2 Å². The Hall–Kier alpha value is -2.87. The topological polar surface area (TPSA) is 157 Å². The maximum atomic E-state index is 12.8. The Labute approximate surface area is 231 Å². The van der Waals surface area contributed by atoms with Gasteiger partial charge in [-0.15, -0.1) is 0 Å². The first kappa shape index (κ1) is 27.3. The van der Waals surface area contributed by atoms with Crippen molar-refractivity contribution < 1.29 is 38.3 Å². The van der Waals surface area contributed by atoms with Gasteiger partial charge in [0, 0.05) is 37.3 Å². The van der Waals surface area contributed by atoms with Crippen LogP contribution in [0.4, 0.5) is 11.4 Å². The number of ether oxygens (including phenoxy) is 3. The summed E-state index contributed by atoms with van der Waals surface area (Å²) in [7, 11) is 0. The minimum Gasteiger partial charge on any atom is -0.435 e. The maximum Gasteiger partial charge on any atom is 0.308 e. The van der Waals surface area contributed by atoms with Crippen molar-refractivity contribution in [3.05, 3.63) is 22.2 Å². The van der Waals surface area contributed by atoms with Crippen LogP contribution in [0.1, 0.15) is 72.1 Å². The quantitative estimate of drug-likeness (QED) is 0.146. The Balaban J connectivity index is 0.994. The molecule has 5 heterocycles. The number of hydrogen-bond donors (Lipinski definition) is 1. The van der Waals surface area contributed by atoms with E-state index in [0.29, 0.717) is 30.1 Å². The average Bonchev–Trinajstić information content (AvgIpc) is 3.31. The molecule has 4 saturated heterocycles. The number of esters is 1. The zero-order valence-corrected chi connectivity index (χ0v) is 23.0. The Morgan fingerprint density at radius 1 is 1.12 bits per heavy atom. The van der Waals surface area contributed by atoms with Gasteiger partial charge in [0.15, 0.2) is 17.4 Å². The fourth-order valence-electron chi connectivity index (χ4n) is 7.13. The van der Waals surface area contributed by atoms with Crippen molar-refractivity contribution in [3.63, 3.8) is 0 Å². The Morgan fingerprint density at radius 2 is 1.95 bits per heavy atom. The summed E-state index contributed by atoms with van der Waals surface area (Å²) in [5, 5.41) is 21.8. The van der Waals surface area contributed by atoms with E-state index in [1.54, 1.807) is 6.07 Å². The van der Waals surface area contributed by atoms with Crippen molar-refractivity contribution in [2.75, 3.05) is 11.9 Å². The lowest BCUT2D eigenvalue weighted by Crippen LogP contribution is -2.70. The number of nitro groups is 1. The normalized spacial score (nSPS) is 36.6. The number of non-ortho nitro benzene ring substituents is 1. The van der Waals surface area contributed by atoms with Gasteiger partial charge in [0.2, 0.25) is 17.6 Å². The number of anilines is 1. The first-order valence-corrected chi connectivity index (χ1v) is 14.2. The fourth-order valence-corrected chi connectivity index (χ4v) is 7.13. The number of rotatable bonds is 9. The lowest BCUT2D eigenvalue weighted by Gasteiger charge is -2.59. The summed E-state index contributed by atoms with van der Waals surface area (Å²) in [5.41, 5.74) is 0.200. The summed E-state index contributed by atoms with van der Waals surface area (Å²) in [5.74, 6) is -0.394. The van der Waals surface area contributed by atoms with Crippen molar-refractivity contribution in [3.8, 4) is 0 Å². The molecule has 40 heavy (non-hydrogen) atoms. The second-order valence-corrected chi connectivity index (χ2v) is 11.9. The van der Waals surface area contributed by atoms with E-state index in [1.165, 1.54) is 6.07 Å². The van der Waals surface area contributed by atoms with Crippen LogP contribution in [0.25, 0.3) is 11.0 Å². The van der Waals surface area contributed by atoms with Crippen LogP contribution < -0.4 is 5.32 Å². The van der Waals surface area contributed by atoms with E-state index in [2.05, 4.69) is 29.5 Å². The van der Waals surface area contributed by atoms with Crippen LogP contribution in [0.3, 0.4) is 0 Å². The largest absolute Gasteiger partial charge is 0.435 e. The molecule has 1 aromatic carbocycles. The highest BCUT2D eigenvalue weighted by Crippen LogP contribution is 2.60. The van der Waals surface area contributed by atoms with Crippen LogP contribution in [0, 0.1) is 33.8 Å². The molecule has 1 aliphatic carbocycles. The van der Waals surface area contributed by atoms with E-state index in [1.807, 2.05) is 6.92 Å². The predicted octanol–water partition coefficient (Wildman–Crippen LogP) is 4.85. The van der Waals surface area contributed by atoms with E-state index >= 15 is 0 Å². The lowest BCUT2D eigenvalue weighted by atomic mass is 9.58. The first-order chi connectivity index (χ1) is 19.2. The Morgan fingerprint density at radius 3 is 2.77 bits per heavy atom. The van der Waals surface area contributed by atoms with Crippen LogP contribution in [-0.4, -0.2) is 51.7 Å². The number of fused-ring (bicyclic) bond motifs is 3. The van der Waals surface area contributed by atoms with E-state index in [0.717, 1.165) is 38.5 Å². The molecule has 0 unspecified atom stereocenters. The SMILES string of the molecule is C[C@H]1[C@@H](OC(=O)CCCCCNc2ccc([N+](=O)[O-])c3nonc23)O[C@@H]2O[C@@]3(C)CC[C@H]4[C@H](C)CC[C@@H]1[C@@]24OO3. The highest BCUT2D eigenvalue weighted by molar-refractivity contribution is 5.93. The molecule has 7 rings (SSSR count). The molecule has 1 saturated carbocycles. The summed E-state index contributed by atoms with van der Waals surface area (Å²) in [4.78, 5) is 35.4. The van der Waals surface area contributed by atoms with Crippen molar-refractivity contribution in [1.29, 1.82) is 0 Å². The third kappa shape index (κ3) is 4.62. The third-order valence-electron chi connectivity index (χ3n) is 9.31. The van der Waals surface area contributed by atoms with Crippen LogP contribution in [0.15, 0.2) is 16.8 Å². The number of nitrogens with one attached hydrogen (secondary N) is 1. The summed E-state index contributed by atoms with van der Waals surface area (Å²) in [6, 6.07) is 2.97. The highest BCUT2D eigenvalue weighted by atomic mass is 17.3. The minimum atomic E-state index is -0.870.